The van der Waals surface area contributed by atoms with Crippen molar-refractivity contribution < 1.29 is 18.7 Å². The number of hydrogen-bond donors (Lipinski definition) is 2. The zero-order chi connectivity index (χ0) is 22.8. The molecule has 0 atom stereocenters. The minimum absolute atomic E-state index is 0.132. The summed E-state index contributed by atoms with van der Waals surface area (Å²) in [6.07, 6.45) is 4.62. The summed E-state index contributed by atoms with van der Waals surface area (Å²) in [5.74, 6) is 0.612. The second-order valence-corrected chi connectivity index (χ2v) is 7.33. The maximum atomic E-state index is 12.8. The van der Waals surface area contributed by atoms with Crippen LogP contribution < -0.4 is 15.4 Å². The highest BCUT2D eigenvalue weighted by Crippen LogP contribution is 2.13. The molecule has 0 radical (unpaired) electrons. The van der Waals surface area contributed by atoms with Gasteiger partial charge in [0.25, 0.3) is 11.8 Å². The van der Waals surface area contributed by atoms with E-state index in [1.54, 1.807) is 30.3 Å². The molecule has 0 aliphatic rings. The zero-order valence-corrected chi connectivity index (χ0v) is 18.4. The Morgan fingerprint density at radius 3 is 2.56 bits per heavy atom. The average Bonchev–Trinajstić information content (AvgIpc) is 3.30. The molecule has 0 bridgehead atoms. The monoisotopic (exact) mass is 432 g/mol. The first-order valence-electron chi connectivity index (χ1n) is 10.7. The Hall–Kier alpha value is -3.80. The summed E-state index contributed by atoms with van der Waals surface area (Å²) in [5.41, 5.74) is 2.75. The van der Waals surface area contributed by atoms with E-state index in [0.29, 0.717) is 24.5 Å². The highest BCUT2D eigenvalue weighted by atomic mass is 16.5. The Labute approximate surface area is 188 Å². The van der Waals surface area contributed by atoms with Crippen molar-refractivity contribution >= 4 is 17.9 Å². The summed E-state index contributed by atoms with van der Waals surface area (Å²) in [6.45, 7) is 4.98. The third-order valence-electron chi connectivity index (χ3n) is 4.77. The van der Waals surface area contributed by atoms with Gasteiger partial charge in [0.2, 0.25) is 0 Å². The molecule has 0 aliphatic heterocycles. The molecule has 0 spiro atoms. The fourth-order valence-corrected chi connectivity index (χ4v) is 3.16. The number of rotatable bonds is 10. The van der Waals surface area contributed by atoms with Crippen molar-refractivity contribution in [3.8, 4) is 5.75 Å². The van der Waals surface area contributed by atoms with Crippen molar-refractivity contribution in [3.05, 3.63) is 95.1 Å². The van der Waals surface area contributed by atoms with Crippen molar-refractivity contribution in [2.75, 3.05) is 13.2 Å². The molecule has 2 amide bonds. The summed E-state index contributed by atoms with van der Waals surface area (Å²) in [6, 6.07) is 18.6. The van der Waals surface area contributed by atoms with E-state index >= 15 is 0 Å². The van der Waals surface area contributed by atoms with E-state index in [4.69, 9.17) is 9.15 Å². The lowest BCUT2D eigenvalue weighted by Gasteiger charge is -2.11. The molecular weight excluding hydrogens is 404 g/mol. The van der Waals surface area contributed by atoms with Gasteiger partial charge in [-0.25, -0.2) is 0 Å². The zero-order valence-electron chi connectivity index (χ0n) is 18.4. The molecule has 6 nitrogen and oxygen atoms in total. The van der Waals surface area contributed by atoms with Crippen LogP contribution in [0.1, 0.15) is 40.6 Å². The predicted octanol–water partition coefficient (Wildman–Crippen LogP) is 4.51. The predicted molar refractivity (Wildman–Crippen MR) is 124 cm³/mol. The highest BCUT2D eigenvalue weighted by Gasteiger charge is 2.15. The van der Waals surface area contributed by atoms with E-state index in [9.17, 15) is 9.59 Å². The molecule has 1 aromatic heterocycles. The van der Waals surface area contributed by atoms with E-state index in [2.05, 4.69) is 10.6 Å². The standard InChI is InChI=1S/C26H28N2O4/c1-3-31-22-13-11-20(12-14-22)8-5-15-27-26(30)24(18-23-10-6-16-32-23)28-25(29)21-9-4-7-19(2)17-21/h4,6-7,9-14,16-18H,3,5,8,15H2,1-2H3,(H,27,30)(H,28,29)/b24-18-. The maximum Gasteiger partial charge on any atom is 0.267 e. The van der Waals surface area contributed by atoms with Crippen LogP contribution in [0.15, 0.2) is 77.0 Å². The lowest BCUT2D eigenvalue weighted by atomic mass is 10.1. The summed E-state index contributed by atoms with van der Waals surface area (Å²) < 4.78 is 10.8. The SMILES string of the molecule is CCOc1ccc(CCCNC(=O)/C(=C/c2ccco2)NC(=O)c2cccc(C)c2)cc1. The number of nitrogens with one attached hydrogen (secondary N) is 2. The number of furan rings is 1. The fourth-order valence-electron chi connectivity index (χ4n) is 3.16. The summed E-state index contributed by atoms with van der Waals surface area (Å²) in [7, 11) is 0. The number of carbonyl (C=O) groups excluding carboxylic acids is 2. The Bertz CT molecular complexity index is 1050. The van der Waals surface area contributed by atoms with Crippen LogP contribution in [0.5, 0.6) is 5.75 Å². The summed E-state index contributed by atoms with van der Waals surface area (Å²) in [4.78, 5) is 25.4. The van der Waals surface area contributed by atoms with Gasteiger partial charge < -0.3 is 19.8 Å². The topological polar surface area (TPSA) is 80.6 Å². The lowest BCUT2D eigenvalue weighted by molar-refractivity contribution is -0.117. The van der Waals surface area contributed by atoms with Gasteiger partial charge in [-0.1, -0.05) is 29.8 Å². The third-order valence-corrected chi connectivity index (χ3v) is 4.77. The van der Waals surface area contributed by atoms with Gasteiger partial charge in [0.1, 0.15) is 17.2 Å². The molecule has 3 aromatic rings. The molecule has 0 saturated heterocycles. The van der Waals surface area contributed by atoms with Gasteiger partial charge in [-0.2, -0.15) is 0 Å². The Morgan fingerprint density at radius 2 is 1.88 bits per heavy atom. The molecule has 32 heavy (non-hydrogen) atoms. The van der Waals surface area contributed by atoms with E-state index < -0.39 is 0 Å². The van der Waals surface area contributed by atoms with Crippen LogP contribution >= 0.6 is 0 Å². The minimum atomic E-state index is -0.367. The Morgan fingerprint density at radius 1 is 1.06 bits per heavy atom. The van der Waals surface area contributed by atoms with Gasteiger partial charge in [0.05, 0.1) is 12.9 Å². The van der Waals surface area contributed by atoms with Gasteiger partial charge >= 0.3 is 0 Å². The van der Waals surface area contributed by atoms with Crippen molar-refractivity contribution in [1.29, 1.82) is 0 Å². The minimum Gasteiger partial charge on any atom is -0.494 e. The van der Waals surface area contributed by atoms with Crippen molar-refractivity contribution in [1.82, 2.24) is 10.6 Å². The Kier molecular flexibility index (Phi) is 8.26. The van der Waals surface area contributed by atoms with Gasteiger partial charge in [0.15, 0.2) is 0 Å². The highest BCUT2D eigenvalue weighted by molar-refractivity contribution is 6.05. The van der Waals surface area contributed by atoms with Gasteiger partial charge in [-0.15, -0.1) is 0 Å². The van der Waals surface area contributed by atoms with Crippen molar-refractivity contribution in [2.45, 2.75) is 26.7 Å². The molecule has 2 N–H and O–H groups in total. The van der Waals surface area contributed by atoms with Gasteiger partial charge in [-0.05, 0) is 68.7 Å². The number of hydrogen-bond acceptors (Lipinski definition) is 4. The van der Waals surface area contributed by atoms with Gasteiger partial charge in [-0.3, -0.25) is 9.59 Å². The maximum absolute atomic E-state index is 12.8. The second-order valence-electron chi connectivity index (χ2n) is 7.33. The first-order chi connectivity index (χ1) is 15.5. The van der Waals surface area contributed by atoms with Crippen LogP contribution in [0.25, 0.3) is 6.08 Å². The smallest absolute Gasteiger partial charge is 0.267 e. The second kappa shape index (κ2) is 11.6. The van der Waals surface area contributed by atoms with Crippen LogP contribution in [-0.4, -0.2) is 25.0 Å². The van der Waals surface area contributed by atoms with Crippen LogP contribution in [0.2, 0.25) is 0 Å². The number of ether oxygens (including phenoxy) is 1. The summed E-state index contributed by atoms with van der Waals surface area (Å²) >= 11 is 0. The number of carbonyl (C=O) groups is 2. The van der Waals surface area contributed by atoms with E-state index in [-0.39, 0.29) is 17.5 Å². The van der Waals surface area contributed by atoms with Gasteiger partial charge in [0, 0.05) is 18.2 Å². The largest absolute Gasteiger partial charge is 0.494 e. The van der Waals surface area contributed by atoms with E-state index in [0.717, 1.165) is 24.2 Å². The third kappa shape index (κ3) is 6.87. The normalized spacial score (nSPS) is 11.1. The van der Waals surface area contributed by atoms with Crippen LogP contribution in [0, 0.1) is 6.92 Å². The Balaban J connectivity index is 1.58. The number of benzene rings is 2. The van der Waals surface area contributed by atoms with Crippen LogP contribution in [-0.2, 0) is 11.2 Å². The quantitative estimate of drug-likeness (QED) is 0.365. The molecule has 6 heteroatoms. The molecule has 3 rings (SSSR count). The van der Waals surface area contributed by atoms with Crippen molar-refractivity contribution in [3.63, 3.8) is 0 Å². The molecule has 0 aliphatic carbocycles. The first-order valence-corrected chi connectivity index (χ1v) is 10.7. The number of amides is 2. The first kappa shape index (κ1) is 22.9. The fraction of sp³-hybridized carbons (Fsp3) is 0.231. The van der Waals surface area contributed by atoms with Crippen LogP contribution in [0.3, 0.4) is 0 Å². The molecule has 2 aromatic carbocycles. The average molecular weight is 433 g/mol. The number of aryl methyl sites for hydroxylation is 2. The summed E-state index contributed by atoms with van der Waals surface area (Å²) in [5, 5.41) is 5.59. The molecule has 1 heterocycles. The molecule has 0 fully saturated rings. The van der Waals surface area contributed by atoms with E-state index in [1.807, 2.05) is 44.2 Å². The lowest BCUT2D eigenvalue weighted by Crippen LogP contribution is -2.35. The molecule has 0 saturated carbocycles. The molecular formula is C26H28N2O4. The van der Waals surface area contributed by atoms with Crippen LogP contribution in [0.4, 0.5) is 0 Å². The molecule has 0 unspecified atom stereocenters. The molecule has 166 valence electrons. The van der Waals surface area contributed by atoms with Crippen molar-refractivity contribution in [2.24, 2.45) is 0 Å². The van der Waals surface area contributed by atoms with E-state index in [1.165, 1.54) is 17.9 Å².